The Hall–Kier alpha value is -0.720. The third kappa shape index (κ3) is 2.79. The second-order valence-electron chi connectivity index (χ2n) is 3.70. The molecule has 0 saturated carbocycles. The summed E-state index contributed by atoms with van der Waals surface area (Å²) in [6.45, 7) is 10.5. The first-order valence-electron chi connectivity index (χ1n) is 4.02. The Morgan fingerprint density at radius 3 is 1.64 bits per heavy atom. The molecule has 0 aliphatic heterocycles. The third-order valence-electron chi connectivity index (χ3n) is 1.72. The predicted octanol–water partition coefficient (Wildman–Crippen LogP) is 2.84. The lowest BCUT2D eigenvalue weighted by Crippen LogP contribution is -2.15. The molecule has 0 radical (unpaired) electrons. The quantitative estimate of drug-likeness (QED) is 0.576. The normalized spacial score (nSPS) is 15.4. The van der Waals surface area contributed by atoms with Crippen LogP contribution in [0.5, 0.6) is 0 Å². The fourth-order valence-corrected chi connectivity index (χ4v) is 1.19. The van der Waals surface area contributed by atoms with Crippen LogP contribution in [0, 0.1) is 5.41 Å². The number of rotatable bonds is 1. The van der Waals surface area contributed by atoms with Crippen molar-refractivity contribution in [3.63, 3.8) is 0 Å². The molecule has 0 aliphatic carbocycles. The summed E-state index contributed by atoms with van der Waals surface area (Å²) in [4.78, 5) is 0. The summed E-state index contributed by atoms with van der Waals surface area (Å²) >= 11 is 0. The van der Waals surface area contributed by atoms with E-state index in [0.29, 0.717) is 0 Å². The van der Waals surface area contributed by atoms with Crippen molar-refractivity contribution >= 4 is 0 Å². The molecule has 2 N–H and O–H groups in total. The predicted molar refractivity (Wildman–Crippen MR) is 51.2 cm³/mol. The zero-order chi connectivity index (χ0) is 9.07. The van der Waals surface area contributed by atoms with Crippen LogP contribution in [0.1, 0.15) is 34.6 Å². The average Bonchev–Trinajstić information content (AvgIpc) is 1.86. The maximum absolute atomic E-state index is 5.81. The van der Waals surface area contributed by atoms with Crippen molar-refractivity contribution in [2.45, 2.75) is 34.6 Å². The topological polar surface area (TPSA) is 26.0 Å². The van der Waals surface area contributed by atoms with Crippen molar-refractivity contribution in [3.05, 3.63) is 23.4 Å². The Balaban J connectivity index is 4.73. The largest absolute Gasteiger partial charge is 0.399 e. The highest BCUT2D eigenvalue weighted by Gasteiger charge is 2.17. The Kier molecular flexibility index (Phi) is 3.37. The molecule has 0 rings (SSSR count). The number of hydrogen-bond donors (Lipinski definition) is 1. The van der Waals surface area contributed by atoms with Crippen molar-refractivity contribution in [2.24, 2.45) is 11.1 Å². The monoisotopic (exact) mass is 153 g/mol. The number of hydrogen-bond acceptors (Lipinski definition) is 1. The number of allylic oxidation sites excluding steroid dienone is 3. The van der Waals surface area contributed by atoms with Crippen molar-refractivity contribution in [3.8, 4) is 0 Å². The minimum atomic E-state index is 0.158. The fourth-order valence-electron chi connectivity index (χ4n) is 1.19. The van der Waals surface area contributed by atoms with Crippen molar-refractivity contribution in [1.82, 2.24) is 0 Å². The summed E-state index contributed by atoms with van der Waals surface area (Å²) in [6.07, 6.45) is 4.02. The molecule has 0 aromatic rings. The van der Waals surface area contributed by atoms with Crippen molar-refractivity contribution in [2.75, 3.05) is 0 Å². The summed E-state index contributed by atoms with van der Waals surface area (Å²) in [5.74, 6) is 0. The van der Waals surface area contributed by atoms with Gasteiger partial charge in [-0.05, 0) is 24.8 Å². The van der Waals surface area contributed by atoms with Gasteiger partial charge in [-0.2, -0.15) is 0 Å². The van der Waals surface area contributed by atoms with Crippen LogP contribution in [0.25, 0.3) is 0 Å². The Morgan fingerprint density at radius 2 is 1.55 bits per heavy atom. The van der Waals surface area contributed by atoms with Crippen molar-refractivity contribution < 1.29 is 0 Å². The van der Waals surface area contributed by atoms with Gasteiger partial charge in [-0.1, -0.05) is 32.9 Å². The minimum absolute atomic E-state index is 0.158. The molecule has 0 atom stereocenters. The summed E-state index contributed by atoms with van der Waals surface area (Å²) in [6, 6.07) is 0. The Morgan fingerprint density at radius 1 is 1.09 bits per heavy atom. The lowest BCUT2D eigenvalue weighted by Gasteiger charge is -2.23. The van der Waals surface area contributed by atoms with E-state index >= 15 is 0 Å². The molecular formula is C10H19N. The highest BCUT2D eigenvalue weighted by Crippen LogP contribution is 2.28. The molecule has 0 aromatic heterocycles. The first-order chi connectivity index (χ1) is 4.93. The fraction of sp³-hybridized carbons (Fsp3) is 0.600. The van der Waals surface area contributed by atoms with Crippen LogP contribution >= 0.6 is 0 Å². The van der Waals surface area contributed by atoms with E-state index in [9.17, 15) is 0 Å². The number of nitrogens with two attached hydrogens (primary N) is 1. The van der Waals surface area contributed by atoms with Crippen molar-refractivity contribution in [1.29, 1.82) is 0 Å². The summed E-state index contributed by atoms with van der Waals surface area (Å²) in [7, 11) is 0. The second-order valence-corrected chi connectivity index (χ2v) is 3.70. The third-order valence-corrected chi connectivity index (χ3v) is 1.72. The zero-order valence-corrected chi connectivity index (χ0v) is 8.23. The van der Waals surface area contributed by atoms with Crippen LogP contribution < -0.4 is 5.73 Å². The van der Waals surface area contributed by atoms with Gasteiger partial charge in [0, 0.05) is 5.70 Å². The van der Waals surface area contributed by atoms with E-state index in [-0.39, 0.29) is 5.41 Å². The minimum Gasteiger partial charge on any atom is -0.399 e. The van der Waals surface area contributed by atoms with Gasteiger partial charge in [-0.25, -0.2) is 0 Å². The van der Waals surface area contributed by atoms with Crippen LogP contribution in [-0.4, -0.2) is 0 Å². The van der Waals surface area contributed by atoms with Gasteiger partial charge in [0.25, 0.3) is 0 Å². The molecule has 0 fully saturated rings. The average molecular weight is 153 g/mol. The summed E-state index contributed by atoms with van der Waals surface area (Å²) in [5.41, 5.74) is 8.08. The Labute approximate surface area is 70.0 Å². The second kappa shape index (κ2) is 3.61. The highest BCUT2D eigenvalue weighted by molar-refractivity contribution is 5.31. The van der Waals surface area contributed by atoms with Gasteiger partial charge < -0.3 is 5.73 Å². The van der Waals surface area contributed by atoms with Gasteiger partial charge in [-0.15, -0.1) is 0 Å². The molecule has 0 spiro atoms. The van der Waals surface area contributed by atoms with Crippen LogP contribution in [-0.2, 0) is 0 Å². The molecule has 1 nitrogen and oxygen atoms in total. The smallest absolute Gasteiger partial charge is 0.0305 e. The molecule has 0 unspecified atom stereocenters. The Bertz CT molecular complexity index is 180. The van der Waals surface area contributed by atoms with Crippen LogP contribution in [0.4, 0.5) is 0 Å². The van der Waals surface area contributed by atoms with Gasteiger partial charge in [0.2, 0.25) is 0 Å². The maximum atomic E-state index is 5.81. The van der Waals surface area contributed by atoms with Crippen LogP contribution in [0.2, 0.25) is 0 Å². The van der Waals surface area contributed by atoms with E-state index in [2.05, 4.69) is 26.8 Å². The first kappa shape index (κ1) is 10.3. The molecule has 0 heterocycles. The zero-order valence-electron chi connectivity index (χ0n) is 8.23. The molecule has 0 aliphatic rings. The highest BCUT2D eigenvalue weighted by atomic mass is 14.6. The molecule has 0 bridgehead atoms. The molecule has 1 heteroatoms. The molecule has 0 aromatic carbocycles. The van der Waals surface area contributed by atoms with E-state index < -0.39 is 0 Å². The van der Waals surface area contributed by atoms with E-state index in [1.807, 2.05) is 19.9 Å². The lowest BCUT2D eigenvalue weighted by atomic mass is 9.84. The van der Waals surface area contributed by atoms with Crippen LogP contribution in [0.15, 0.2) is 23.4 Å². The molecule has 64 valence electrons. The summed E-state index contributed by atoms with van der Waals surface area (Å²) < 4.78 is 0. The van der Waals surface area contributed by atoms with E-state index in [1.54, 1.807) is 0 Å². The summed E-state index contributed by atoms with van der Waals surface area (Å²) in [5, 5.41) is 0. The van der Waals surface area contributed by atoms with E-state index in [0.717, 1.165) is 5.70 Å². The molecule has 0 saturated heterocycles. The maximum Gasteiger partial charge on any atom is 0.0305 e. The molecule has 0 amide bonds. The van der Waals surface area contributed by atoms with E-state index in [1.165, 1.54) is 5.57 Å². The standard InChI is InChI=1S/C10H19N/c1-6-8(9(11)7-2)10(3,4)5/h6-7H,11H2,1-5H3/b8-6+,9-7+. The van der Waals surface area contributed by atoms with Gasteiger partial charge in [0.05, 0.1) is 0 Å². The van der Waals surface area contributed by atoms with Gasteiger partial charge in [0.15, 0.2) is 0 Å². The molecular weight excluding hydrogens is 134 g/mol. The van der Waals surface area contributed by atoms with Gasteiger partial charge in [-0.3, -0.25) is 0 Å². The van der Waals surface area contributed by atoms with Gasteiger partial charge >= 0.3 is 0 Å². The van der Waals surface area contributed by atoms with E-state index in [4.69, 9.17) is 5.73 Å². The van der Waals surface area contributed by atoms with Gasteiger partial charge in [0.1, 0.15) is 0 Å². The SMILES string of the molecule is C/C=C(\C(N)=C/C)C(C)(C)C. The lowest BCUT2D eigenvalue weighted by molar-refractivity contribution is 0.508. The molecule has 11 heavy (non-hydrogen) atoms. The first-order valence-corrected chi connectivity index (χ1v) is 4.02. The van der Waals surface area contributed by atoms with Crippen LogP contribution in [0.3, 0.4) is 0 Å².